The second kappa shape index (κ2) is 8.86. The molecule has 1 aromatic carbocycles. The fourth-order valence-corrected chi connectivity index (χ4v) is 6.02. The summed E-state index contributed by atoms with van der Waals surface area (Å²) in [5, 5.41) is 9.92. The van der Waals surface area contributed by atoms with Gasteiger partial charge in [0.25, 0.3) is 0 Å². The van der Waals surface area contributed by atoms with Crippen LogP contribution >= 0.6 is 0 Å². The summed E-state index contributed by atoms with van der Waals surface area (Å²) in [5.41, 5.74) is 0.884. The summed E-state index contributed by atoms with van der Waals surface area (Å²) in [6.45, 7) is 12.3. The lowest BCUT2D eigenvalue weighted by atomic mass is 9.75. The Morgan fingerprint density at radius 2 is 2.00 bits per heavy atom. The van der Waals surface area contributed by atoms with Crippen LogP contribution in [0.2, 0.25) is 13.1 Å². The second-order valence-electron chi connectivity index (χ2n) is 10.3. The van der Waals surface area contributed by atoms with Crippen LogP contribution in [0, 0.1) is 23.1 Å². The molecule has 29 heavy (non-hydrogen) atoms. The molecule has 1 aromatic rings. The number of rotatable bonds is 8. The molecule has 6 heteroatoms. The highest BCUT2D eigenvalue weighted by molar-refractivity contribution is 6.48. The van der Waals surface area contributed by atoms with Gasteiger partial charge in [-0.3, -0.25) is 9.69 Å². The molecule has 2 aliphatic rings. The highest BCUT2D eigenvalue weighted by Gasteiger charge is 2.47. The first-order valence-corrected chi connectivity index (χ1v) is 13.7. The fraction of sp³-hybridized carbons (Fsp3) is 0.696. The van der Waals surface area contributed by atoms with E-state index in [0.29, 0.717) is 19.0 Å². The molecule has 0 aromatic heterocycles. The van der Waals surface area contributed by atoms with E-state index in [2.05, 4.69) is 38.8 Å². The molecule has 1 unspecified atom stereocenters. The van der Waals surface area contributed by atoms with Crippen molar-refractivity contribution in [2.24, 2.45) is 17.3 Å². The molecule has 0 bridgehead atoms. The van der Waals surface area contributed by atoms with Gasteiger partial charge < -0.3 is 9.53 Å². The van der Waals surface area contributed by atoms with Crippen molar-refractivity contribution in [3.05, 3.63) is 35.6 Å². The zero-order valence-corrected chi connectivity index (χ0v) is 19.6. The molecule has 4 nitrogen and oxygen atoms in total. The van der Waals surface area contributed by atoms with E-state index >= 15 is 0 Å². The molecule has 1 heterocycles. The largest absolute Gasteiger partial charge is 0.480 e. The topological polar surface area (TPSA) is 49.8 Å². The average molecular weight is 422 g/mol. The minimum Gasteiger partial charge on any atom is -0.480 e. The van der Waals surface area contributed by atoms with Crippen LogP contribution < -0.4 is 0 Å². The van der Waals surface area contributed by atoms with Gasteiger partial charge in [0.05, 0.1) is 6.10 Å². The molecule has 1 saturated heterocycles. The third-order valence-corrected chi connectivity index (χ3v) is 7.15. The highest BCUT2D eigenvalue weighted by atomic mass is 28.3. The number of hydrogen-bond acceptors (Lipinski definition) is 3. The van der Waals surface area contributed by atoms with Gasteiger partial charge >= 0.3 is 5.97 Å². The summed E-state index contributed by atoms with van der Waals surface area (Å²) in [6, 6.07) is 6.36. The van der Waals surface area contributed by atoms with Crippen molar-refractivity contribution in [2.45, 2.75) is 71.2 Å². The van der Waals surface area contributed by atoms with Gasteiger partial charge in [-0.1, -0.05) is 45.7 Å². The number of benzene rings is 1. The second-order valence-corrected chi connectivity index (χ2v) is 12.7. The molecule has 1 aliphatic carbocycles. The Morgan fingerprint density at radius 1 is 1.31 bits per heavy atom. The van der Waals surface area contributed by atoms with E-state index in [1.807, 2.05) is 6.07 Å². The highest BCUT2D eigenvalue weighted by Crippen LogP contribution is 2.44. The molecule has 0 spiro atoms. The molecule has 0 radical (unpaired) electrons. The molecule has 0 amide bonds. The number of hydrogen-bond donors (Lipinski definition) is 1. The summed E-state index contributed by atoms with van der Waals surface area (Å²) < 4.78 is 20.6. The first-order valence-electron chi connectivity index (χ1n) is 10.9. The van der Waals surface area contributed by atoms with Gasteiger partial charge in [0.2, 0.25) is 0 Å². The van der Waals surface area contributed by atoms with E-state index < -0.39 is 21.1 Å². The van der Waals surface area contributed by atoms with Crippen LogP contribution in [-0.2, 0) is 9.22 Å². The first kappa shape index (κ1) is 22.4. The Labute approximate surface area is 176 Å². The molecule has 3 rings (SSSR count). The molecule has 4 atom stereocenters. The summed E-state index contributed by atoms with van der Waals surface area (Å²) >= 11 is 0. The molecular weight excluding hydrogens is 385 g/mol. The summed E-state index contributed by atoms with van der Waals surface area (Å²) in [4.78, 5) is 14.2. The van der Waals surface area contributed by atoms with Gasteiger partial charge in [0, 0.05) is 24.9 Å². The maximum absolute atomic E-state index is 14.0. The van der Waals surface area contributed by atoms with Crippen LogP contribution in [0.15, 0.2) is 24.3 Å². The van der Waals surface area contributed by atoms with E-state index in [1.54, 1.807) is 12.1 Å². The van der Waals surface area contributed by atoms with Gasteiger partial charge in [0.1, 0.15) is 11.9 Å². The monoisotopic (exact) mass is 421 g/mol. The average Bonchev–Trinajstić information content (AvgIpc) is 3.33. The summed E-state index contributed by atoms with van der Waals surface area (Å²) in [5.74, 6) is -0.210. The third kappa shape index (κ3) is 5.67. The van der Waals surface area contributed by atoms with E-state index in [-0.39, 0.29) is 29.2 Å². The maximum atomic E-state index is 14.0. The van der Waals surface area contributed by atoms with Crippen LogP contribution in [0.3, 0.4) is 0 Å². The van der Waals surface area contributed by atoms with Crippen LogP contribution in [0.4, 0.5) is 4.39 Å². The number of halogens is 1. The van der Waals surface area contributed by atoms with Crippen molar-refractivity contribution in [3.63, 3.8) is 0 Å². The van der Waals surface area contributed by atoms with Crippen LogP contribution in [0.1, 0.15) is 51.5 Å². The fourth-order valence-electron chi connectivity index (χ4n) is 4.83. The van der Waals surface area contributed by atoms with Gasteiger partial charge in [-0.05, 0) is 48.5 Å². The van der Waals surface area contributed by atoms with Crippen LogP contribution in [-0.4, -0.2) is 50.3 Å². The third-order valence-electron chi connectivity index (χ3n) is 6.31. The quantitative estimate of drug-likeness (QED) is 0.628. The number of carboxylic acids is 1. The normalized spacial score (nSPS) is 25.3. The summed E-state index contributed by atoms with van der Waals surface area (Å²) in [7, 11) is -1.30. The number of carbonyl (C=O) groups is 1. The Hall–Kier alpha value is -1.24. The lowest BCUT2D eigenvalue weighted by molar-refractivity contribution is -0.143. The van der Waals surface area contributed by atoms with Gasteiger partial charge in [-0.2, -0.15) is 0 Å². The van der Waals surface area contributed by atoms with Crippen LogP contribution in [0.25, 0.3) is 0 Å². The lowest BCUT2D eigenvalue weighted by Gasteiger charge is -2.39. The Morgan fingerprint density at radius 3 is 2.52 bits per heavy atom. The van der Waals surface area contributed by atoms with E-state index in [1.165, 1.54) is 6.07 Å². The zero-order chi connectivity index (χ0) is 21.3. The minimum atomic E-state index is -1.30. The number of nitrogens with zero attached hydrogens (tertiary/aromatic N) is 1. The van der Waals surface area contributed by atoms with Gasteiger partial charge in [-0.25, -0.2) is 4.39 Å². The van der Waals surface area contributed by atoms with Crippen molar-refractivity contribution in [3.8, 4) is 0 Å². The number of likely N-dealkylation sites (tertiary alicyclic amines) is 1. The Bertz CT molecular complexity index is 716. The standard InChI is InChI=1S/C23H36FNO3Si/c1-23(2,3)21(28-29(4)5)19-14-25(20(22(26)27)11-15-9-10-15)13-18(19)16-7-6-8-17(24)12-16/h6-8,12,15,18-21,29H,9-11,13-14H2,1-5H3,(H,26,27)/t18-,19+,20-,21?/m1/s1. The van der Waals surface area contributed by atoms with E-state index in [4.69, 9.17) is 4.43 Å². The Balaban J connectivity index is 1.93. The van der Waals surface area contributed by atoms with Crippen LogP contribution in [0.5, 0.6) is 0 Å². The summed E-state index contributed by atoms with van der Waals surface area (Å²) in [6.07, 6.45) is 3.02. The van der Waals surface area contributed by atoms with E-state index in [9.17, 15) is 14.3 Å². The molecule has 2 fully saturated rings. The smallest absolute Gasteiger partial charge is 0.320 e. The lowest BCUT2D eigenvalue weighted by Crippen LogP contribution is -2.44. The first-order chi connectivity index (χ1) is 13.6. The predicted octanol–water partition coefficient (Wildman–Crippen LogP) is 4.51. The number of carboxylic acid groups (broad SMARTS) is 1. The molecule has 1 aliphatic heterocycles. The number of aliphatic carboxylic acids is 1. The zero-order valence-electron chi connectivity index (χ0n) is 18.4. The minimum absolute atomic E-state index is 0.0165. The molecule has 162 valence electrons. The predicted molar refractivity (Wildman–Crippen MR) is 116 cm³/mol. The van der Waals surface area contributed by atoms with Crippen molar-refractivity contribution in [1.82, 2.24) is 4.90 Å². The van der Waals surface area contributed by atoms with Crippen molar-refractivity contribution < 1.29 is 18.7 Å². The molecular formula is C23H36FNO3Si. The van der Waals surface area contributed by atoms with Crippen molar-refractivity contribution in [1.29, 1.82) is 0 Å². The van der Waals surface area contributed by atoms with Gasteiger partial charge in [-0.15, -0.1) is 0 Å². The molecule has 1 N–H and O–H groups in total. The van der Waals surface area contributed by atoms with E-state index in [0.717, 1.165) is 24.8 Å². The molecule has 1 saturated carbocycles. The van der Waals surface area contributed by atoms with Gasteiger partial charge in [0.15, 0.2) is 9.04 Å². The van der Waals surface area contributed by atoms with Crippen molar-refractivity contribution >= 4 is 15.0 Å². The maximum Gasteiger partial charge on any atom is 0.320 e. The van der Waals surface area contributed by atoms with Crippen molar-refractivity contribution in [2.75, 3.05) is 13.1 Å². The Kier molecular flexibility index (Phi) is 6.86. The SMILES string of the molecule is C[SiH](C)OC([C@H]1CN([C@H](CC2CC2)C(=O)O)C[C@@H]1c1cccc(F)c1)C(C)(C)C.